The van der Waals surface area contributed by atoms with Crippen LogP contribution in [0.15, 0.2) is 16.5 Å². The Balaban J connectivity index is 1.26. The van der Waals surface area contributed by atoms with Gasteiger partial charge in [0, 0.05) is 16.8 Å². The number of rotatable bonds is 8. The molecule has 3 N–H and O–H groups in total. The summed E-state index contributed by atoms with van der Waals surface area (Å²) >= 11 is 1.52. The van der Waals surface area contributed by atoms with Gasteiger partial charge in [-0.2, -0.15) is 0 Å². The fourth-order valence-corrected chi connectivity index (χ4v) is 5.93. The number of carbonyl (C=O) groups is 2. The molecule has 0 aromatic carbocycles. The smallest absolute Gasteiger partial charge is 0.251 e. The molecule has 0 aliphatic heterocycles. The second-order valence-electron chi connectivity index (χ2n) is 9.09. The summed E-state index contributed by atoms with van der Waals surface area (Å²) < 4.78 is 6.06. The summed E-state index contributed by atoms with van der Waals surface area (Å²) in [7, 11) is 0. The number of carbonyl (C=O) groups excluding carboxylic acids is 2. The maximum atomic E-state index is 12.9. The highest BCUT2D eigenvalue weighted by Gasteiger charge is 2.37. The molecule has 2 saturated carbocycles. The largest absolute Gasteiger partial charge is 0.464 e. The number of anilines is 1. The van der Waals surface area contributed by atoms with E-state index in [0.717, 1.165) is 55.6 Å². The van der Waals surface area contributed by atoms with E-state index in [9.17, 15) is 9.59 Å². The highest BCUT2D eigenvalue weighted by atomic mass is 32.1. The third kappa shape index (κ3) is 4.05. The Hall–Kier alpha value is -2.12. The summed E-state index contributed by atoms with van der Waals surface area (Å²) in [6.07, 6.45) is 7.45. The lowest BCUT2D eigenvalue weighted by Gasteiger charge is -2.20. The molecular formula is C23H29N3O3S. The summed E-state index contributed by atoms with van der Waals surface area (Å²) in [5.74, 6) is 2.74. The van der Waals surface area contributed by atoms with Crippen LogP contribution in [0.4, 0.5) is 5.00 Å². The van der Waals surface area contributed by atoms with Crippen LogP contribution in [0.3, 0.4) is 0 Å². The third-order valence-corrected chi connectivity index (χ3v) is 7.80. The second kappa shape index (κ2) is 7.85. The SMILES string of the molecule is CC1CC1c1ccc(CN(CC(=O)Nc2sc3c(c2C(N)=O)CCCC3)C2CC2)o1. The summed E-state index contributed by atoms with van der Waals surface area (Å²) in [4.78, 5) is 28.3. The standard InChI is InChI=1S/C23H29N3O3S/c1-13-10-17(13)18-9-8-15(29-18)11-26(14-6-7-14)12-20(27)25-23-21(22(24)28)16-4-2-3-5-19(16)30-23/h8-9,13-14,17H,2-7,10-12H2,1H3,(H2,24,28)(H,25,27). The lowest BCUT2D eigenvalue weighted by Crippen LogP contribution is -2.34. The topological polar surface area (TPSA) is 88.6 Å². The van der Waals surface area contributed by atoms with E-state index in [0.29, 0.717) is 41.5 Å². The zero-order valence-electron chi connectivity index (χ0n) is 17.4. The first-order chi connectivity index (χ1) is 14.5. The summed E-state index contributed by atoms with van der Waals surface area (Å²) in [6, 6.07) is 4.56. The van der Waals surface area contributed by atoms with Gasteiger partial charge in [0.1, 0.15) is 16.5 Å². The van der Waals surface area contributed by atoms with Crippen LogP contribution in [-0.4, -0.2) is 29.3 Å². The molecule has 0 radical (unpaired) electrons. The van der Waals surface area contributed by atoms with Gasteiger partial charge < -0.3 is 15.5 Å². The Morgan fingerprint density at radius 2 is 2.03 bits per heavy atom. The molecule has 0 bridgehead atoms. The molecule has 2 fully saturated rings. The molecule has 0 saturated heterocycles. The van der Waals surface area contributed by atoms with Gasteiger partial charge in [-0.1, -0.05) is 6.92 Å². The molecule has 0 spiro atoms. The Morgan fingerprint density at radius 1 is 1.27 bits per heavy atom. The lowest BCUT2D eigenvalue weighted by molar-refractivity contribution is -0.117. The molecule has 2 unspecified atom stereocenters. The Bertz CT molecular complexity index is 974. The van der Waals surface area contributed by atoms with Crippen molar-refractivity contribution in [2.45, 2.75) is 70.4 Å². The van der Waals surface area contributed by atoms with Crippen molar-refractivity contribution in [1.29, 1.82) is 0 Å². The number of nitrogens with one attached hydrogen (secondary N) is 1. The Morgan fingerprint density at radius 3 is 2.73 bits per heavy atom. The van der Waals surface area contributed by atoms with Crippen LogP contribution in [-0.2, 0) is 24.2 Å². The van der Waals surface area contributed by atoms with Crippen LogP contribution in [0, 0.1) is 5.92 Å². The molecule has 2 atom stereocenters. The molecule has 3 aliphatic rings. The van der Waals surface area contributed by atoms with E-state index in [2.05, 4.69) is 23.2 Å². The van der Waals surface area contributed by atoms with E-state index >= 15 is 0 Å². The van der Waals surface area contributed by atoms with Crippen LogP contribution in [0.5, 0.6) is 0 Å². The molecule has 3 aliphatic carbocycles. The molecule has 2 aromatic rings. The van der Waals surface area contributed by atoms with E-state index in [1.165, 1.54) is 22.6 Å². The molecule has 5 rings (SSSR count). The van der Waals surface area contributed by atoms with Gasteiger partial charge in [0.2, 0.25) is 5.91 Å². The van der Waals surface area contributed by atoms with Gasteiger partial charge in [0.05, 0.1) is 18.7 Å². The molecule has 30 heavy (non-hydrogen) atoms. The zero-order chi connectivity index (χ0) is 20.8. The first-order valence-electron chi connectivity index (χ1n) is 11.1. The van der Waals surface area contributed by atoms with Crippen molar-refractivity contribution in [3.05, 3.63) is 39.7 Å². The number of furan rings is 1. The molecule has 6 nitrogen and oxygen atoms in total. The Kier molecular flexibility index (Phi) is 5.19. The minimum absolute atomic E-state index is 0.0920. The minimum Gasteiger partial charge on any atom is -0.464 e. The van der Waals surface area contributed by atoms with Gasteiger partial charge in [-0.3, -0.25) is 14.5 Å². The van der Waals surface area contributed by atoms with E-state index in [-0.39, 0.29) is 5.91 Å². The monoisotopic (exact) mass is 427 g/mol. The number of nitrogens with zero attached hydrogens (tertiary/aromatic N) is 1. The zero-order valence-corrected chi connectivity index (χ0v) is 18.2. The first kappa shape index (κ1) is 19.8. The third-order valence-electron chi connectivity index (χ3n) is 6.60. The number of thiophene rings is 1. The fourth-order valence-electron chi connectivity index (χ4n) is 4.62. The van der Waals surface area contributed by atoms with Gasteiger partial charge >= 0.3 is 0 Å². The highest BCUT2D eigenvalue weighted by molar-refractivity contribution is 7.17. The van der Waals surface area contributed by atoms with Crippen molar-refractivity contribution in [2.24, 2.45) is 11.7 Å². The maximum absolute atomic E-state index is 12.9. The average molecular weight is 428 g/mol. The number of aryl methyl sites for hydroxylation is 1. The maximum Gasteiger partial charge on any atom is 0.251 e. The number of fused-ring (bicyclic) bond motifs is 1. The second-order valence-corrected chi connectivity index (χ2v) is 10.2. The van der Waals surface area contributed by atoms with Crippen LogP contribution in [0.25, 0.3) is 0 Å². The first-order valence-corrected chi connectivity index (χ1v) is 11.9. The van der Waals surface area contributed by atoms with Gasteiger partial charge in [-0.05, 0) is 68.6 Å². The van der Waals surface area contributed by atoms with Gasteiger partial charge in [0.15, 0.2) is 0 Å². The number of hydrogen-bond acceptors (Lipinski definition) is 5. The molecule has 2 heterocycles. The molecule has 2 amide bonds. The Labute approximate surface area is 180 Å². The van der Waals surface area contributed by atoms with Crippen molar-refractivity contribution in [2.75, 3.05) is 11.9 Å². The summed E-state index contributed by atoms with van der Waals surface area (Å²) in [6.45, 7) is 3.18. The quantitative estimate of drug-likeness (QED) is 0.665. The van der Waals surface area contributed by atoms with Gasteiger partial charge in [-0.25, -0.2) is 0 Å². The molecule has 2 aromatic heterocycles. The predicted octanol–water partition coefficient (Wildman–Crippen LogP) is 4.05. The van der Waals surface area contributed by atoms with E-state index in [1.807, 2.05) is 6.07 Å². The van der Waals surface area contributed by atoms with Crippen LogP contribution >= 0.6 is 11.3 Å². The fraction of sp³-hybridized carbons (Fsp3) is 0.565. The molecule has 160 valence electrons. The number of hydrogen-bond donors (Lipinski definition) is 2. The van der Waals surface area contributed by atoms with Crippen molar-refractivity contribution in [1.82, 2.24) is 4.90 Å². The van der Waals surface area contributed by atoms with Crippen molar-refractivity contribution in [3.63, 3.8) is 0 Å². The number of amides is 2. The minimum atomic E-state index is -0.443. The van der Waals surface area contributed by atoms with Crippen LogP contribution < -0.4 is 11.1 Å². The summed E-state index contributed by atoms with van der Waals surface area (Å²) in [5, 5.41) is 3.62. The van der Waals surface area contributed by atoms with E-state index in [1.54, 1.807) is 0 Å². The summed E-state index contributed by atoms with van der Waals surface area (Å²) in [5.41, 5.74) is 7.23. The number of nitrogens with two attached hydrogens (primary N) is 1. The molecular weight excluding hydrogens is 398 g/mol. The van der Waals surface area contributed by atoms with Crippen molar-refractivity contribution in [3.8, 4) is 0 Å². The van der Waals surface area contributed by atoms with E-state index in [4.69, 9.17) is 10.2 Å². The predicted molar refractivity (Wildman–Crippen MR) is 117 cm³/mol. The lowest BCUT2D eigenvalue weighted by atomic mass is 9.95. The number of primary amides is 1. The van der Waals surface area contributed by atoms with Crippen LogP contribution in [0.2, 0.25) is 0 Å². The van der Waals surface area contributed by atoms with Gasteiger partial charge in [0.25, 0.3) is 5.91 Å². The van der Waals surface area contributed by atoms with Crippen molar-refractivity contribution < 1.29 is 14.0 Å². The van der Waals surface area contributed by atoms with E-state index < -0.39 is 5.91 Å². The van der Waals surface area contributed by atoms with Crippen molar-refractivity contribution >= 4 is 28.2 Å². The normalized spacial score (nSPS) is 22.7. The van der Waals surface area contributed by atoms with Gasteiger partial charge in [-0.15, -0.1) is 11.3 Å². The van der Waals surface area contributed by atoms with Crippen LogP contribution in [0.1, 0.15) is 77.3 Å². The average Bonchev–Trinajstić information content (AvgIpc) is 3.60. The molecule has 7 heteroatoms. The highest BCUT2D eigenvalue weighted by Crippen LogP contribution is 2.47.